The fourth-order valence-electron chi connectivity index (χ4n) is 4.81. The Morgan fingerprint density at radius 3 is 2.80 bits per heavy atom. The van der Waals surface area contributed by atoms with Crippen LogP contribution in [0.4, 0.5) is 0 Å². The lowest BCUT2D eigenvalue weighted by molar-refractivity contribution is -0.115. The summed E-state index contributed by atoms with van der Waals surface area (Å²) < 4.78 is 0. The zero-order chi connectivity index (χ0) is 20.8. The van der Waals surface area contributed by atoms with E-state index < -0.39 is 0 Å². The molecule has 6 heteroatoms. The first-order valence-corrected chi connectivity index (χ1v) is 11.5. The summed E-state index contributed by atoms with van der Waals surface area (Å²) in [6.45, 7) is 4.15. The van der Waals surface area contributed by atoms with Crippen molar-refractivity contribution in [2.75, 3.05) is 26.2 Å². The minimum atomic E-state index is -0.154. The standard InChI is InChI=1S/C24H32N4O2/c29-23(25-12-7-15-28-13-4-1-5-14-28)19-9-6-8-18(16-19)17-22-20-10-2-3-11-21(20)24(30)27-26-22/h6,8-9,16,22H,1-5,7,10-15,17H2,(H,25,29). The largest absolute Gasteiger partial charge is 0.352 e. The van der Waals surface area contributed by atoms with Crippen molar-refractivity contribution in [2.45, 2.75) is 63.8 Å². The van der Waals surface area contributed by atoms with Gasteiger partial charge in [-0.15, -0.1) is 5.11 Å². The summed E-state index contributed by atoms with van der Waals surface area (Å²) >= 11 is 0. The molecule has 2 heterocycles. The topological polar surface area (TPSA) is 74.1 Å². The van der Waals surface area contributed by atoms with Gasteiger partial charge >= 0.3 is 0 Å². The Hall–Kier alpha value is -2.34. The molecule has 0 spiro atoms. The van der Waals surface area contributed by atoms with Crippen molar-refractivity contribution >= 4 is 11.8 Å². The second kappa shape index (κ2) is 10.1. The third-order valence-electron chi connectivity index (χ3n) is 6.46. The summed E-state index contributed by atoms with van der Waals surface area (Å²) in [5.41, 5.74) is 3.79. The molecule has 0 aromatic heterocycles. The number of nitrogens with zero attached hydrogens (tertiary/aromatic N) is 3. The van der Waals surface area contributed by atoms with Crippen molar-refractivity contribution in [2.24, 2.45) is 10.2 Å². The highest BCUT2D eigenvalue weighted by atomic mass is 16.2. The number of amides is 2. The molecule has 1 N–H and O–H groups in total. The lowest BCUT2D eigenvalue weighted by Gasteiger charge is -2.26. The highest BCUT2D eigenvalue weighted by Gasteiger charge is 2.29. The van der Waals surface area contributed by atoms with Crippen LogP contribution in [0, 0.1) is 0 Å². The minimum Gasteiger partial charge on any atom is -0.352 e. The van der Waals surface area contributed by atoms with Crippen LogP contribution in [0.3, 0.4) is 0 Å². The molecular weight excluding hydrogens is 376 g/mol. The first-order chi connectivity index (χ1) is 14.7. The monoisotopic (exact) mass is 408 g/mol. The van der Waals surface area contributed by atoms with E-state index in [1.165, 1.54) is 32.4 Å². The molecule has 1 aromatic carbocycles. The van der Waals surface area contributed by atoms with E-state index in [0.717, 1.165) is 55.4 Å². The van der Waals surface area contributed by atoms with Crippen LogP contribution < -0.4 is 5.32 Å². The van der Waals surface area contributed by atoms with Gasteiger partial charge in [0, 0.05) is 24.1 Å². The van der Waals surface area contributed by atoms with Crippen molar-refractivity contribution in [3.8, 4) is 0 Å². The van der Waals surface area contributed by atoms with Crippen molar-refractivity contribution < 1.29 is 9.59 Å². The van der Waals surface area contributed by atoms with E-state index in [4.69, 9.17) is 0 Å². The molecule has 2 amide bonds. The number of azo groups is 1. The predicted octanol–water partition coefficient (Wildman–Crippen LogP) is 4.07. The summed E-state index contributed by atoms with van der Waals surface area (Å²) in [7, 11) is 0. The summed E-state index contributed by atoms with van der Waals surface area (Å²) in [4.78, 5) is 27.1. The van der Waals surface area contributed by atoms with Gasteiger partial charge in [-0.3, -0.25) is 9.59 Å². The highest BCUT2D eigenvalue weighted by molar-refractivity contribution is 5.96. The number of likely N-dealkylation sites (tertiary alicyclic amines) is 1. The SMILES string of the molecule is O=C1N=NC(Cc2cccc(C(=O)NCCCN3CCCCC3)c2)C2=C1CCCC2. The summed E-state index contributed by atoms with van der Waals surface area (Å²) in [5, 5.41) is 11.2. The molecule has 160 valence electrons. The second-order valence-electron chi connectivity index (χ2n) is 8.66. The first-order valence-electron chi connectivity index (χ1n) is 11.5. The van der Waals surface area contributed by atoms with E-state index in [-0.39, 0.29) is 17.9 Å². The molecule has 2 aliphatic heterocycles. The molecule has 1 aliphatic carbocycles. The zero-order valence-corrected chi connectivity index (χ0v) is 17.7. The van der Waals surface area contributed by atoms with Gasteiger partial charge in [-0.25, -0.2) is 0 Å². The summed E-state index contributed by atoms with van der Waals surface area (Å²) in [6, 6.07) is 7.71. The van der Waals surface area contributed by atoms with Gasteiger partial charge in [-0.05, 0) is 87.8 Å². The lowest BCUT2D eigenvalue weighted by Crippen LogP contribution is -2.33. The zero-order valence-electron chi connectivity index (χ0n) is 17.7. The molecule has 30 heavy (non-hydrogen) atoms. The fourth-order valence-corrected chi connectivity index (χ4v) is 4.81. The Morgan fingerprint density at radius 2 is 1.93 bits per heavy atom. The Bertz CT molecular complexity index is 839. The van der Waals surface area contributed by atoms with Crippen molar-refractivity contribution in [1.29, 1.82) is 0 Å². The maximum atomic E-state index is 12.6. The molecule has 1 atom stereocenters. The molecule has 1 fully saturated rings. The normalized spacial score (nSPS) is 22.1. The first kappa shape index (κ1) is 20.9. The predicted molar refractivity (Wildman–Crippen MR) is 117 cm³/mol. The highest BCUT2D eigenvalue weighted by Crippen LogP contribution is 2.33. The molecule has 4 rings (SSSR count). The second-order valence-corrected chi connectivity index (χ2v) is 8.66. The van der Waals surface area contributed by atoms with E-state index in [2.05, 4.69) is 20.4 Å². The Morgan fingerprint density at radius 1 is 1.10 bits per heavy atom. The van der Waals surface area contributed by atoms with Crippen LogP contribution in [-0.4, -0.2) is 48.9 Å². The smallest absolute Gasteiger partial charge is 0.291 e. The van der Waals surface area contributed by atoms with E-state index in [0.29, 0.717) is 18.5 Å². The summed E-state index contributed by atoms with van der Waals surface area (Å²) in [5.74, 6) is -0.174. The average molecular weight is 409 g/mol. The number of benzene rings is 1. The van der Waals surface area contributed by atoms with E-state index in [1.54, 1.807) is 0 Å². The number of carbonyl (C=O) groups is 2. The molecule has 0 bridgehead atoms. The Kier molecular flexibility index (Phi) is 7.05. The van der Waals surface area contributed by atoms with Crippen LogP contribution in [0.1, 0.15) is 67.3 Å². The number of carbonyl (C=O) groups excluding carboxylic acids is 2. The van der Waals surface area contributed by atoms with Gasteiger partial charge in [-0.2, -0.15) is 5.11 Å². The van der Waals surface area contributed by atoms with Crippen molar-refractivity contribution in [3.63, 3.8) is 0 Å². The number of nitrogens with one attached hydrogen (secondary N) is 1. The van der Waals surface area contributed by atoms with Gasteiger partial charge < -0.3 is 10.2 Å². The van der Waals surface area contributed by atoms with Crippen molar-refractivity contribution in [3.05, 3.63) is 46.5 Å². The quantitative estimate of drug-likeness (QED) is 0.691. The van der Waals surface area contributed by atoms with Gasteiger partial charge in [0.2, 0.25) is 0 Å². The van der Waals surface area contributed by atoms with E-state index >= 15 is 0 Å². The molecule has 0 radical (unpaired) electrons. The van der Waals surface area contributed by atoms with Crippen LogP contribution in [0.25, 0.3) is 0 Å². The molecule has 3 aliphatic rings. The number of rotatable bonds is 7. The van der Waals surface area contributed by atoms with Gasteiger partial charge in [0.15, 0.2) is 0 Å². The minimum absolute atomic E-state index is 0.0199. The third kappa shape index (κ3) is 5.22. The van der Waals surface area contributed by atoms with Gasteiger partial charge in [-0.1, -0.05) is 18.6 Å². The maximum absolute atomic E-state index is 12.6. The van der Waals surface area contributed by atoms with E-state index in [1.807, 2.05) is 24.3 Å². The van der Waals surface area contributed by atoms with Gasteiger partial charge in [0.1, 0.15) is 0 Å². The molecule has 1 saturated heterocycles. The Balaban J connectivity index is 1.31. The summed E-state index contributed by atoms with van der Waals surface area (Å²) in [6.07, 6.45) is 9.54. The van der Waals surface area contributed by atoms with Crippen LogP contribution >= 0.6 is 0 Å². The van der Waals surface area contributed by atoms with Crippen LogP contribution in [0.5, 0.6) is 0 Å². The van der Waals surface area contributed by atoms with Crippen LogP contribution in [0.2, 0.25) is 0 Å². The third-order valence-corrected chi connectivity index (χ3v) is 6.46. The number of hydrogen-bond acceptors (Lipinski definition) is 4. The van der Waals surface area contributed by atoms with Gasteiger partial charge in [0.05, 0.1) is 6.04 Å². The van der Waals surface area contributed by atoms with Crippen molar-refractivity contribution in [1.82, 2.24) is 10.2 Å². The lowest BCUT2D eigenvalue weighted by atomic mass is 9.84. The average Bonchev–Trinajstić information content (AvgIpc) is 2.79. The van der Waals surface area contributed by atoms with Crippen LogP contribution in [-0.2, 0) is 11.2 Å². The number of hydrogen-bond donors (Lipinski definition) is 1. The fraction of sp³-hybridized carbons (Fsp3) is 0.583. The molecule has 1 aromatic rings. The molecule has 1 unspecified atom stereocenters. The van der Waals surface area contributed by atoms with E-state index in [9.17, 15) is 9.59 Å². The van der Waals surface area contributed by atoms with Crippen LogP contribution in [0.15, 0.2) is 45.6 Å². The number of piperidine rings is 1. The molecule has 0 saturated carbocycles. The van der Waals surface area contributed by atoms with Gasteiger partial charge in [0.25, 0.3) is 11.8 Å². The molecular formula is C24H32N4O2. The maximum Gasteiger partial charge on any atom is 0.291 e. The Labute approximate surface area is 178 Å². The molecule has 6 nitrogen and oxygen atoms in total.